The summed E-state index contributed by atoms with van der Waals surface area (Å²) >= 11 is 1.53. The first-order valence-corrected chi connectivity index (χ1v) is 13.7. The molecular weight excluding hydrogens is 485 g/mol. The van der Waals surface area contributed by atoms with E-state index in [1.165, 1.54) is 28.1 Å². The number of aliphatic carboxylic acids is 1. The number of rotatable bonds is 10. The summed E-state index contributed by atoms with van der Waals surface area (Å²) < 4.78 is 0. The normalized spacial score (nSPS) is 11.7. The molecule has 1 atom stereocenters. The van der Waals surface area contributed by atoms with Crippen LogP contribution in [0.1, 0.15) is 33.5 Å². The van der Waals surface area contributed by atoms with Crippen molar-refractivity contribution in [1.82, 2.24) is 5.32 Å². The van der Waals surface area contributed by atoms with Crippen molar-refractivity contribution in [1.29, 1.82) is 0 Å². The molecule has 0 unspecified atom stereocenters. The van der Waals surface area contributed by atoms with Gasteiger partial charge in [0, 0.05) is 5.56 Å². The molecule has 0 saturated heterocycles. The molecule has 38 heavy (non-hydrogen) atoms. The number of hydrogen-bond acceptors (Lipinski definition) is 4. The Morgan fingerprint density at radius 3 is 2.39 bits per heavy atom. The van der Waals surface area contributed by atoms with E-state index in [2.05, 4.69) is 47.8 Å². The Morgan fingerprint density at radius 2 is 1.66 bits per heavy atom. The number of carboxylic acids is 1. The summed E-state index contributed by atoms with van der Waals surface area (Å²) in [7, 11) is 0. The molecule has 4 nitrogen and oxygen atoms in total. The van der Waals surface area contributed by atoms with Gasteiger partial charge in [-0.25, -0.2) is 0 Å². The van der Waals surface area contributed by atoms with Crippen LogP contribution < -0.4 is 29.3 Å². The maximum absolute atomic E-state index is 13.2. The van der Waals surface area contributed by atoms with Crippen molar-refractivity contribution in [3.63, 3.8) is 0 Å². The van der Waals surface area contributed by atoms with Gasteiger partial charge in [-0.1, -0.05) is 84.9 Å². The summed E-state index contributed by atoms with van der Waals surface area (Å²) in [4.78, 5) is 24.8. The van der Waals surface area contributed by atoms with Crippen molar-refractivity contribution in [3.8, 4) is 11.1 Å². The van der Waals surface area contributed by atoms with Gasteiger partial charge in [0.1, 0.15) is 0 Å². The number of carboxylic acid groups (broad SMARTS) is 1. The summed E-state index contributed by atoms with van der Waals surface area (Å²) in [5.74, 6) is -1.07. The number of amides is 1. The molecule has 6 heteroatoms. The van der Waals surface area contributed by atoms with Crippen LogP contribution in [0.5, 0.6) is 0 Å². The van der Waals surface area contributed by atoms with Crippen LogP contribution in [0.15, 0.2) is 91.0 Å². The number of nitrogens with one attached hydrogen (secondary N) is 1. The van der Waals surface area contributed by atoms with Gasteiger partial charge < -0.3 is 15.2 Å². The Labute approximate surface area is 240 Å². The Morgan fingerprint density at radius 1 is 0.921 bits per heavy atom. The van der Waals surface area contributed by atoms with Gasteiger partial charge in [0.05, 0.1) is 12.0 Å². The second-order valence-electron chi connectivity index (χ2n) is 9.03. The number of aryl methyl sites for hydroxylation is 1. The van der Waals surface area contributed by atoms with Crippen molar-refractivity contribution >= 4 is 40.5 Å². The molecule has 0 radical (unpaired) electrons. The number of hydrogen-bond donors (Lipinski definition) is 1. The standard InChI is InChI=1S/C32H31NO3S.Li/c1-22-8-3-6-13-27(22)29-21-24(10-7-9-23-14-16-25-11-4-5-12-26(25)20-23)15-17-28(29)31(34)33-30(32(35)36)18-19-37-2;/h3-8,10-17,20-21,30H,9,18-19H2,1-2H3,(H,33,34)(H,35,36);/q;+1/p-1/t30-;/m0./s1. The Kier molecular flexibility index (Phi) is 10.9. The van der Waals surface area contributed by atoms with Crippen molar-refractivity contribution in [2.75, 3.05) is 12.0 Å². The number of carbonyl (C=O) groups excluding carboxylic acids is 2. The van der Waals surface area contributed by atoms with Gasteiger partial charge in [0.2, 0.25) is 0 Å². The first kappa shape index (κ1) is 29.3. The smallest absolute Gasteiger partial charge is 0.548 e. The van der Waals surface area contributed by atoms with E-state index < -0.39 is 17.9 Å². The number of allylic oxidation sites excluding steroid dienone is 1. The molecule has 1 N–H and O–H groups in total. The van der Waals surface area contributed by atoms with Crippen LogP contribution in [-0.2, 0) is 11.2 Å². The molecule has 0 aliphatic rings. The number of benzene rings is 4. The molecule has 0 spiro atoms. The summed E-state index contributed by atoms with van der Waals surface area (Å²) in [6.07, 6.45) is 7.17. The van der Waals surface area contributed by atoms with Crippen molar-refractivity contribution < 1.29 is 33.6 Å². The van der Waals surface area contributed by atoms with Gasteiger partial charge in [0.15, 0.2) is 0 Å². The van der Waals surface area contributed by atoms with Crippen molar-refractivity contribution in [3.05, 3.63) is 113 Å². The van der Waals surface area contributed by atoms with Crippen molar-refractivity contribution in [2.45, 2.75) is 25.8 Å². The zero-order valence-electron chi connectivity index (χ0n) is 22.1. The largest absolute Gasteiger partial charge is 1.00 e. The van der Waals surface area contributed by atoms with Gasteiger partial charge in [-0.05, 0) is 82.5 Å². The topological polar surface area (TPSA) is 69.2 Å². The third kappa shape index (κ3) is 7.42. The minimum Gasteiger partial charge on any atom is -0.548 e. The molecule has 0 heterocycles. The van der Waals surface area contributed by atoms with Crippen LogP contribution in [0.4, 0.5) is 0 Å². The van der Waals surface area contributed by atoms with Crippen LogP contribution in [0.2, 0.25) is 0 Å². The average molecular weight is 516 g/mol. The second kappa shape index (κ2) is 14.1. The molecule has 0 aliphatic carbocycles. The second-order valence-corrected chi connectivity index (χ2v) is 10.0. The monoisotopic (exact) mass is 515 g/mol. The third-order valence-corrected chi connectivity index (χ3v) is 7.05. The van der Waals surface area contributed by atoms with Gasteiger partial charge in [0.25, 0.3) is 5.91 Å². The molecular formula is C32H30LiNO3S. The number of fused-ring (bicyclic) bond motifs is 1. The van der Waals surface area contributed by atoms with Crippen LogP contribution in [0.3, 0.4) is 0 Å². The van der Waals surface area contributed by atoms with E-state index in [0.29, 0.717) is 17.7 Å². The van der Waals surface area contributed by atoms with Crippen LogP contribution in [0, 0.1) is 6.92 Å². The molecule has 0 saturated carbocycles. The number of carbonyl (C=O) groups is 2. The van der Waals surface area contributed by atoms with Gasteiger partial charge >= 0.3 is 18.9 Å². The van der Waals surface area contributed by atoms with E-state index in [9.17, 15) is 14.7 Å². The Hall–Kier alpha value is -3.23. The van der Waals surface area contributed by atoms with Crippen LogP contribution in [0.25, 0.3) is 28.0 Å². The minimum atomic E-state index is -1.27. The fraction of sp³-hybridized carbons (Fsp3) is 0.188. The SMILES string of the molecule is CSCC[C@H](NC(=O)c1ccc(C=CCc2ccc3ccccc3c2)cc1-c1ccccc1C)C(=O)[O-].[Li+]. The third-order valence-electron chi connectivity index (χ3n) is 6.40. The summed E-state index contributed by atoms with van der Waals surface area (Å²) in [6, 6.07) is 27.3. The number of thioether (sulfide) groups is 1. The van der Waals surface area contributed by atoms with E-state index in [-0.39, 0.29) is 18.9 Å². The van der Waals surface area contributed by atoms with Gasteiger partial charge in [-0.2, -0.15) is 11.8 Å². The van der Waals surface area contributed by atoms with Gasteiger partial charge in [-0.3, -0.25) is 4.79 Å². The van der Waals surface area contributed by atoms with E-state index in [1.807, 2.05) is 61.7 Å². The quantitative estimate of drug-likeness (QED) is 0.330. The van der Waals surface area contributed by atoms with E-state index >= 15 is 0 Å². The molecule has 4 aromatic carbocycles. The summed E-state index contributed by atoms with van der Waals surface area (Å²) in [5, 5.41) is 16.7. The molecule has 0 bridgehead atoms. The Balaban J connectivity index is 0.00000400. The summed E-state index contributed by atoms with van der Waals surface area (Å²) in [5.41, 5.74) is 5.37. The first-order chi connectivity index (χ1) is 18.0. The first-order valence-electron chi connectivity index (χ1n) is 12.3. The fourth-order valence-corrected chi connectivity index (χ4v) is 4.85. The predicted octanol–water partition coefficient (Wildman–Crippen LogP) is 2.68. The zero-order valence-corrected chi connectivity index (χ0v) is 22.9. The summed E-state index contributed by atoms with van der Waals surface area (Å²) in [6.45, 7) is 2.00. The fourth-order valence-electron chi connectivity index (χ4n) is 4.38. The van der Waals surface area contributed by atoms with Crippen LogP contribution >= 0.6 is 11.8 Å². The average Bonchev–Trinajstić information content (AvgIpc) is 2.91. The van der Waals surface area contributed by atoms with E-state index in [1.54, 1.807) is 6.07 Å². The predicted molar refractivity (Wildman–Crippen MR) is 153 cm³/mol. The van der Waals surface area contributed by atoms with Crippen molar-refractivity contribution in [2.24, 2.45) is 0 Å². The molecule has 0 aromatic heterocycles. The molecule has 4 aromatic rings. The zero-order chi connectivity index (χ0) is 26.2. The molecule has 4 rings (SSSR count). The van der Waals surface area contributed by atoms with Crippen LogP contribution in [-0.4, -0.2) is 29.9 Å². The maximum Gasteiger partial charge on any atom is 1.00 e. The molecule has 0 aliphatic heterocycles. The molecule has 188 valence electrons. The van der Waals surface area contributed by atoms with E-state index in [0.717, 1.165) is 28.7 Å². The Bertz CT molecular complexity index is 1450. The minimum absolute atomic E-state index is 0. The molecule has 0 fully saturated rings. The maximum atomic E-state index is 13.2. The van der Waals surface area contributed by atoms with E-state index in [4.69, 9.17) is 0 Å². The van der Waals surface area contributed by atoms with Gasteiger partial charge in [-0.15, -0.1) is 0 Å². The molecule has 1 amide bonds.